The summed E-state index contributed by atoms with van der Waals surface area (Å²) in [5.41, 5.74) is -1.19. The standard InChI is InChI=1S/C14H20N2O2/c1-6-8-9-10-11(7-2)15-13(18)16(12(10)17)14(3,4)5/h6-9H,1-5H3,(H,15,18)/b8-6-,10-9+,11-7+. The summed E-state index contributed by atoms with van der Waals surface area (Å²) in [4.78, 5) is 27.1. The first-order chi connectivity index (χ1) is 8.32. The molecule has 0 amide bonds. The lowest BCUT2D eigenvalue weighted by atomic mass is 10.1. The van der Waals surface area contributed by atoms with E-state index in [1.165, 1.54) is 4.57 Å². The number of aromatic nitrogens is 2. The van der Waals surface area contributed by atoms with Crippen molar-refractivity contribution >= 4 is 12.2 Å². The highest BCUT2D eigenvalue weighted by Crippen LogP contribution is 2.05. The lowest BCUT2D eigenvalue weighted by Gasteiger charge is -2.20. The van der Waals surface area contributed by atoms with E-state index in [9.17, 15) is 9.59 Å². The van der Waals surface area contributed by atoms with Gasteiger partial charge in [-0.2, -0.15) is 0 Å². The number of allylic oxidation sites excluding steroid dienone is 2. The second kappa shape index (κ2) is 5.21. The molecule has 0 bridgehead atoms. The van der Waals surface area contributed by atoms with Crippen molar-refractivity contribution in [1.29, 1.82) is 0 Å². The molecule has 4 nitrogen and oxygen atoms in total. The first kappa shape index (κ1) is 14.2. The zero-order valence-electron chi connectivity index (χ0n) is 11.6. The highest BCUT2D eigenvalue weighted by Gasteiger charge is 2.18. The zero-order chi connectivity index (χ0) is 13.9. The minimum absolute atomic E-state index is 0.266. The summed E-state index contributed by atoms with van der Waals surface area (Å²) in [5.74, 6) is 0. The van der Waals surface area contributed by atoms with Crippen LogP contribution in [0.2, 0.25) is 0 Å². The first-order valence-corrected chi connectivity index (χ1v) is 5.98. The van der Waals surface area contributed by atoms with Gasteiger partial charge in [-0.15, -0.1) is 0 Å². The van der Waals surface area contributed by atoms with Crippen molar-refractivity contribution in [2.75, 3.05) is 0 Å². The predicted octanol–water partition coefficient (Wildman–Crippen LogP) is 0.449. The molecule has 0 spiro atoms. The molecule has 0 saturated carbocycles. The Hall–Kier alpha value is -1.84. The molecular formula is C14H20N2O2. The van der Waals surface area contributed by atoms with Crippen LogP contribution in [0, 0.1) is 0 Å². The summed E-state index contributed by atoms with van der Waals surface area (Å²) in [6.07, 6.45) is 7.07. The van der Waals surface area contributed by atoms with Crippen LogP contribution in [0.25, 0.3) is 12.2 Å². The van der Waals surface area contributed by atoms with Gasteiger partial charge in [0.05, 0.1) is 10.6 Å². The third-order valence-electron chi connectivity index (χ3n) is 2.58. The van der Waals surface area contributed by atoms with Crippen LogP contribution in [0.5, 0.6) is 0 Å². The summed E-state index contributed by atoms with van der Waals surface area (Å²) in [6.45, 7) is 9.16. The fraction of sp³-hybridized carbons (Fsp3) is 0.429. The van der Waals surface area contributed by atoms with Crippen LogP contribution >= 0.6 is 0 Å². The van der Waals surface area contributed by atoms with Crippen LogP contribution in [0.4, 0.5) is 0 Å². The number of rotatable bonds is 1. The number of nitrogens with one attached hydrogen (secondary N) is 1. The van der Waals surface area contributed by atoms with Crippen molar-refractivity contribution in [2.24, 2.45) is 0 Å². The van der Waals surface area contributed by atoms with E-state index in [0.717, 1.165) is 0 Å². The van der Waals surface area contributed by atoms with Gasteiger partial charge in [-0.1, -0.05) is 18.2 Å². The molecule has 0 aliphatic carbocycles. The predicted molar refractivity (Wildman–Crippen MR) is 75.0 cm³/mol. The van der Waals surface area contributed by atoms with Crippen molar-refractivity contribution < 1.29 is 0 Å². The average Bonchev–Trinajstić information content (AvgIpc) is 2.25. The molecule has 1 aromatic rings. The Labute approximate surface area is 106 Å². The maximum Gasteiger partial charge on any atom is 0.329 e. The van der Waals surface area contributed by atoms with Crippen molar-refractivity contribution in [3.63, 3.8) is 0 Å². The van der Waals surface area contributed by atoms with E-state index in [1.54, 1.807) is 25.2 Å². The van der Waals surface area contributed by atoms with Crippen molar-refractivity contribution in [2.45, 2.75) is 40.2 Å². The third-order valence-corrected chi connectivity index (χ3v) is 2.58. The molecule has 0 radical (unpaired) electrons. The van der Waals surface area contributed by atoms with Gasteiger partial charge >= 0.3 is 5.69 Å². The first-order valence-electron chi connectivity index (χ1n) is 5.98. The van der Waals surface area contributed by atoms with E-state index in [4.69, 9.17) is 0 Å². The summed E-state index contributed by atoms with van der Waals surface area (Å²) in [5, 5.41) is 1.06. The Morgan fingerprint density at radius 2 is 1.78 bits per heavy atom. The summed E-state index contributed by atoms with van der Waals surface area (Å²) in [6, 6.07) is 0. The number of hydrogen-bond donors (Lipinski definition) is 1. The van der Waals surface area contributed by atoms with E-state index in [-0.39, 0.29) is 11.2 Å². The molecule has 0 aromatic carbocycles. The van der Waals surface area contributed by atoms with Gasteiger partial charge in [0.15, 0.2) is 0 Å². The van der Waals surface area contributed by atoms with Crippen LogP contribution in [0.3, 0.4) is 0 Å². The minimum atomic E-state index is -0.546. The molecule has 98 valence electrons. The highest BCUT2D eigenvalue weighted by molar-refractivity contribution is 5.36. The monoisotopic (exact) mass is 248 g/mol. The fourth-order valence-electron chi connectivity index (χ4n) is 1.76. The van der Waals surface area contributed by atoms with Crippen molar-refractivity contribution in [3.05, 3.63) is 43.6 Å². The maximum atomic E-state index is 12.4. The second-order valence-electron chi connectivity index (χ2n) is 5.05. The smallest absolute Gasteiger partial charge is 0.307 e. The molecule has 1 N–H and O–H groups in total. The Kier molecular flexibility index (Phi) is 4.11. The zero-order valence-corrected chi connectivity index (χ0v) is 11.6. The maximum absolute atomic E-state index is 12.4. The van der Waals surface area contributed by atoms with Gasteiger partial charge in [0.25, 0.3) is 5.56 Å². The molecule has 0 aliphatic rings. The number of nitrogens with zero attached hydrogens (tertiary/aromatic N) is 1. The van der Waals surface area contributed by atoms with Gasteiger partial charge in [0.2, 0.25) is 0 Å². The van der Waals surface area contributed by atoms with E-state index in [2.05, 4.69) is 4.98 Å². The fourth-order valence-corrected chi connectivity index (χ4v) is 1.76. The number of H-pyrrole nitrogens is 1. The van der Waals surface area contributed by atoms with Gasteiger partial charge in [-0.25, -0.2) is 4.79 Å². The van der Waals surface area contributed by atoms with E-state index in [0.29, 0.717) is 10.6 Å². The van der Waals surface area contributed by atoms with E-state index >= 15 is 0 Å². The van der Waals surface area contributed by atoms with Gasteiger partial charge in [-0.05, 0) is 40.7 Å². The van der Waals surface area contributed by atoms with Gasteiger partial charge in [0, 0.05) is 5.54 Å². The lowest BCUT2D eigenvalue weighted by Crippen LogP contribution is -2.57. The van der Waals surface area contributed by atoms with Crippen LogP contribution in [-0.4, -0.2) is 9.55 Å². The second-order valence-corrected chi connectivity index (χ2v) is 5.05. The molecule has 0 unspecified atom stereocenters. The Morgan fingerprint density at radius 1 is 1.17 bits per heavy atom. The molecule has 0 aliphatic heterocycles. The molecule has 1 heterocycles. The van der Waals surface area contributed by atoms with Crippen molar-refractivity contribution in [1.82, 2.24) is 9.55 Å². The Balaban J connectivity index is 3.96. The highest BCUT2D eigenvalue weighted by atomic mass is 16.2. The number of hydrogen-bond acceptors (Lipinski definition) is 2. The molecule has 1 aromatic heterocycles. The average molecular weight is 248 g/mol. The SMILES string of the molecule is C\C=C/C=c1/c(=O)n(C(C)(C)C)c(=O)[nH]/c1=C/C. The number of aromatic amines is 1. The van der Waals surface area contributed by atoms with Crippen LogP contribution in [-0.2, 0) is 5.54 Å². The topological polar surface area (TPSA) is 54.9 Å². The normalized spacial score (nSPS) is 14.7. The Morgan fingerprint density at radius 3 is 2.22 bits per heavy atom. The lowest BCUT2D eigenvalue weighted by molar-refractivity contribution is 0.364. The van der Waals surface area contributed by atoms with Crippen LogP contribution < -0.4 is 21.8 Å². The minimum Gasteiger partial charge on any atom is -0.307 e. The summed E-state index contributed by atoms with van der Waals surface area (Å²) >= 11 is 0. The molecule has 1 rings (SSSR count). The molecule has 0 fully saturated rings. The molecule has 18 heavy (non-hydrogen) atoms. The van der Waals surface area contributed by atoms with Crippen LogP contribution in [0.1, 0.15) is 34.6 Å². The van der Waals surface area contributed by atoms with Crippen LogP contribution in [0.15, 0.2) is 21.7 Å². The summed E-state index contributed by atoms with van der Waals surface area (Å²) < 4.78 is 1.25. The molecular weight excluding hydrogens is 228 g/mol. The van der Waals surface area contributed by atoms with Crippen molar-refractivity contribution in [3.8, 4) is 0 Å². The van der Waals surface area contributed by atoms with Gasteiger partial charge in [0.1, 0.15) is 0 Å². The largest absolute Gasteiger partial charge is 0.329 e. The molecule has 4 heteroatoms. The third kappa shape index (κ3) is 2.70. The molecule has 0 saturated heterocycles. The quantitative estimate of drug-likeness (QED) is 0.784. The van der Waals surface area contributed by atoms with Gasteiger partial charge < -0.3 is 4.98 Å². The Bertz CT molecular complexity index is 682. The van der Waals surface area contributed by atoms with E-state index in [1.807, 2.05) is 33.8 Å². The summed E-state index contributed by atoms with van der Waals surface area (Å²) in [7, 11) is 0. The molecule has 0 atom stereocenters. The van der Waals surface area contributed by atoms with Gasteiger partial charge in [-0.3, -0.25) is 9.36 Å². The van der Waals surface area contributed by atoms with E-state index < -0.39 is 5.54 Å².